The van der Waals surface area contributed by atoms with E-state index in [2.05, 4.69) is 20.2 Å². The first-order chi connectivity index (χ1) is 13.2. The average molecular weight is 400 g/mol. The highest BCUT2D eigenvalue weighted by Gasteiger charge is 2.20. The maximum atomic E-state index is 12.6. The first-order valence-corrected chi connectivity index (χ1v) is 11.1. The molecule has 1 aliphatic heterocycles. The van der Waals surface area contributed by atoms with Crippen molar-refractivity contribution in [1.82, 2.24) is 20.3 Å². The van der Waals surface area contributed by atoms with E-state index < -0.39 is 0 Å². The van der Waals surface area contributed by atoms with Gasteiger partial charge in [0.25, 0.3) is 5.91 Å². The van der Waals surface area contributed by atoms with Crippen LogP contribution in [0.15, 0.2) is 35.6 Å². The number of carbonyl (C=O) groups excluding carboxylic acids is 1. The molecule has 0 bridgehead atoms. The third-order valence-corrected chi connectivity index (χ3v) is 6.15. The van der Waals surface area contributed by atoms with Crippen molar-refractivity contribution in [3.63, 3.8) is 0 Å². The molecule has 6 nitrogen and oxygen atoms in total. The Morgan fingerprint density at radius 1 is 1.26 bits per heavy atom. The highest BCUT2D eigenvalue weighted by atomic mass is 32.2. The maximum Gasteiger partial charge on any atom is 0.261 e. The van der Waals surface area contributed by atoms with Gasteiger partial charge in [0.2, 0.25) is 0 Å². The summed E-state index contributed by atoms with van der Waals surface area (Å²) < 4.78 is 0. The number of nitrogens with one attached hydrogen (secondary N) is 1. The molecular formula is C19H21N5OS2. The first kappa shape index (κ1) is 18.2. The summed E-state index contributed by atoms with van der Waals surface area (Å²) in [7, 11) is 0. The molecule has 4 heterocycles. The summed E-state index contributed by atoms with van der Waals surface area (Å²) in [5, 5.41) is 4.68. The molecule has 0 saturated carbocycles. The predicted octanol–water partition coefficient (Wildman–Crippen LogP) is 3.73. The molecule has 0 aliphatic carbocycles. The molecule has 0 unspecified atom stereocenters. The Morgan fingerprint density at radius 3 is 2.85 bits per heavy atom. The third kappa shape index (κ3) is 4.06. The van der Waals surface area contributed by atoms with Crippen LogP contribution in [0.5, 0.6) is 0 Å². The second-order valence-corrected chi connectivity index (χ2v) is 8.22. The Bertz CT molecular complexity index is 938. The van der Waals surface area contributed by atoms with E-state index in [1.807, 2.05) is 30.5 Å². The fourth-order valence-corrected chi connectivity index (χ4v) is 4.56. The summed E-state index contributed by atoms with van der Waals surface area (Å²) in [5.41, 5.74) is 0.838. The number of pyridine rings is 1. The Kier molecular flexibility index (Phi) is 5.54. The van der Waals surface area contributed by atoms with Gasteiger partial charge in [0.1, 0.15) is 10.6 Å². The minimum atomic E-state index is -0.0982. The normalized spacial score (nSPS) is 14.5. The van der Waals surface area contributed by atoms with E-state index in [1.165, 1.54) is 42.4 Å². The molecule has 1 N–H and O–H groups in total. The van der Waals surface area contributed by atoms with E-state index >= 15 is 0 Å². The highest BCUT2D eigenvalue weighted by molar-refractivity contribution is 7.98. The number of nitrogens with zero attached hydrogens (tertiary/aromatic N) is 4. The molecule has 0 atom stereocenters. The van der Waals surface area contributed by atoms with Crippen molar-refractivity contribution in [2.24, 2.45) is 0 Å². The molecule has 1 aliphatic rings. The Morgan fingerprint density at radius 2 is 2.11 bits per heavy atom. The molecule has 8 heteroatoms. The van der Waals surface area contributed by atoms with Crippen LogP contribution in [-0.4, -0.2) is 40.2 Å². The summed E-state index contributed by atoms with van der Waals surface area (Å²) in [6.45, 7) is 2.43. The monoisotopic (exact) mass is 399 g/mol. The van der Waals surface area contributed by atoms with Crippen molar-refractivity contribution in [3.8, 4) is 0 Å². The smallest absolute Gasteiger partial charge is 0.261 e. The van der Waals surface area contributed by atoms with Crippen LogP contribution in [0.1, 0.15) is 34.6 Å². The van der Waals surface area contributed by atoms with Crippen LogP contribution in [-0.2, 0) is 6.54 Å². The van der Waals surface area contributed by atoms with Gasteiger partial charge in [-0.3, -0.25) is 9.78 Å². The van der Waals surface area contributed by atoms with Crippen molar-refractivity contribution in [3.05, 3.63) is 41.0 Å². The SMILES string of the molecule is CSc1nc(N2CCCCC2)c2cc(C(=O)NCc3ccccn3)sc2n1. The van der Waals surface area contributed by atoms with E-state index in [-0.39, 0.29) is 5.91 Å². The van der Waals surface area contributed by atoms with Crippen LogP contribution < -0.4 is 10.2 Å². The van der Waals surface area contributed by atoms with Gasteiger partial charge in [-0.15, -0.1) is 11.3 Å². The molecule has 0 spiro atoms. The average Bonchev–Trinajstić information content (AvgIpc) is 3.17. The van der Waals surface area contributed by atoms with Gasteiger partial charge in [-0.25, -0.2) is 9.97 Å². The number of piperidine rings is 1. The molecule has 0 aromatic carbocycles. The fourth-order valence-electron chi connectivity index (χ4n) is 3.20. The lowest BCUT2D eigenvalue weighted by molar-refractivity contribution is 0.0954. The van der Waals surface area contributed by atoms with Gasteiger partial charge in [-0.2, -0.15) is 0 Å². The zero-order valence-electron chi connectivity index (χ0n) is 15.1. The lowest BCUT2D eigenvalue weighted by atomic mass is 10.1. The highest BCUT2D eigenvalue weighted by Crippen LogP contribution is 2.33. The van der Waals surface area contributed by atoms with E-state index in [0.717, 1.165) is 40.0 Å². The van der Waals surface area contributed by atoms with Crippen LogP contribution in [0, 0.1) is 0 Å². The summed E-state index contributed by atoms with van der Waals surface area (Å²) in [6, 6.07) is 7.61. The number of rotatable bonds is 5. The van der Waals surface area contributed by atoms with Gasteiger partial charge < -0.3 is 10.2 Å². The van der Waals surface area contributed by atoms with Crippen molar-refractivity contribution < 1.29 is 4.79 Å². The van der Waals surface area contributed by atoms with Crippen LogP contribution in [0.4, 0.5) is 5.82 Å². The number of amides is 1. The van der Waals surface area contributed by atoms with Crippen molar-refractivity contribution >= 4 is 45.0 Å². The quantitative estimate of drug-likeness (QED) is 0.521. The Hall–Kier alpha value is -2.19. The largest absolute Gasteiger partial charge is 0.356 e. The molecule has 27 heavy (non-hydrogen) atoms. The summed E-state index contributed by atoms with van der Waals surface area (Å²) in [6.07, 6.45) is 7.34. The number of hydrogen-bond acceptors (Lipinski definition) is 7. The topological polar surface area (TPSA) is 71.0 Å². The molecule has 3 aromatic rings. The van der Waals surface area contributed by atoms with Gasteiger partial charge in [0.15, 0.2) is 5.16 Å². The van der Waals surface area contributed by atoms with Crippen LogP contribution in [0.2, 0.25) is 0 Å². The number of hydrogen-bond donors (Lipinski definition) is 1. The van der Waals surface area contributed by atoms with E-state index in [9.17, 15) is 4.79 Å². The fraction of sp³-hybridized carbons (Fsp3) is 0.368. The molecule has 1 fully saturated rings. The minimum absolute atomic E-state index is 0.0982. The molecule has 0 radical (unpaired) electrons. The number of anilines is 1. The molecule has 140 valence electrons. The van der Waals surface area contributed by atoms with Crippen molar-refractivity contribution in [1.29, 1.82) is 0 Å². The first-order valence-electron chi connectivity index (χ1n) is 9.03. The van der Waals surface area contributed by atoms with Gasteiger partial charge >= 0.3 is 0 Å². The van der Waals surface area contributed by atoms with Gasteiger partial charge in [0.05, 0.1) is 22.5 Å². The standard InChI is InChI=1S/C19H21N5OS2/c1-26-19-22-16(24-9-5-2-6-10-24)14-11-15(27-18(14)23-19)17(25)21-12-13-7-3-4-8-20-13/h3-4,7-8,11H,2,5-6,9-10,12H2,1H3,(H,21,25). The van der Waals surface area contributed by atoms with E-state index in [4.69, 9.17) is 4.98 Å². The Balaban J connectivity index is 1.61. The number of thiophene rings is 1. The number of aromatic nitrogens is 3. The lowest BCUT2D eigenvalue weighted by Gasteiger charge is -2.28. The number of fused-ring (bicyclic) bond motifs is 1. The van der Waals surface area contributed by atoms with Gasteiger partial charge in [-0.1, -0.05) is 17.8 Å². The molecule has 3 aromatic heterocycles. The van der Waals surface area contributed by atoms with Crippen LogP contribution in [0.3, 0.4) is 0 Å². The zero-order chi connectivity index (χ0) is 18.6. The summed E-state index contributed by atoms with van der Waals surface area (Å²) in [4.78, 5) is 30.1. The van der Waals surface area contributed by atoms with Crippen molar-refractivity contribution in [2.75, 3.05) is 24.2 Å². The number of thioether (sulfide) groups is 1. The van der Waals surface area contributed by atoms with Crippen LogP contribution in [0.25, 0.3) is 10.2 Å². The second-order valence-electron chi connectivity index (χ2n) is 6.41. The van der Waals surface area contributed by atoms with Gasteiger partial charge in [0, 0.05) is 19.3 Å². The maximum absolute atomic E-state index is 12.6. The van der Waals surface area contributed by atoms with E-state index in [0.29, 0.717) is 11.4 Å². The molecule has 1 saturated heterocycles. The Labute approximate surface area is 166 Å². The molecule has 1 amide bonds. The van der Waals surface area contributed by atoms with Gasteiger partial charge in [-0.05, 0) is 43.7 Å². The lowest BCUT2D eigenvalue weighted by Crippen LogP contribution is -2.30. The summed E-state index contributed by atoms with van der Waals surface area (Å²) in [5.74, 6) is 0.864. The van der Waals surface area contributed by atoms with Crippen molar-refractivity contribution in [2.45, 2.75) is 31.0 Å². The predicted molar refractivity (Wildman–Crippen MR) is 111 cm³/mol. The zero-order valence-corrected chi connectivity index (χ0v) is 16.8. The molecular weight excluding hydrogens is 378 g/mol. The third-order valence-electron chi connectivity index (χ3n) is 4.57. The molecule has 4 rings (SSSR count). The number of carbonyl (C=O) groups is 1. The minimum Gasteiger partial charge on any atom is -0.356 e. The second kappa shape index (κ2) is 8.22. The summed E-state index contributed by atoms with van der Waals surface area (Å²) >= 11 is 2.96. The van der Waals surface area contributed by atoms with E-state index in [1.54, 1.807) is 6.20 Å². The van der Waals surface area contributed by atoms with Crippen LogP contribution >= 0.6 is 23.1 Å².